The Morgan fingerprint density at radius 3 is 1.96 bits per heavy atom. The first kappa shape index (κ1) is 17.8. The number of aromatic nitrogens is 2. The Morgan fingerprint density at radius 2 is 1.54 bits per heavy atom. The molecule has 0 bridgehead atoms. The maximum absolute atomic E-state index is 3.67. The van der Waals surface area contributed by atoms with Gasteiger partial charge in [-0.15, -0.1) is 0 Å². The molecule has 0 aliphatic rings. The number of benzene rings is 2. The molecule has 24 heavy (non-hydrogen) atoms. The van der Waals surface area contributed by atoms with Crippen molar-refractivity contribution in [3.05, 3.63) is 91.5 Å². The van der Waals surface area contributed by atoms with Crippen LogP contribution in [0.4, 0.5) is 0 Å². The number of imidazole rings is 1. The Balaban J connectivity index is 0.000000355. The second-order valence-corrected chi connectivity index (χ2v) is 5.59. The molecule has 1 N–H and O–H groups in total. The summed E-state index contributed by atoms with van der Waals surface area (Å²) in [5.41, 5.74) is 2.83. The highest BCUT2D eigenvalue weighted by Crippen LogP contribution is 2.03. The van der Waals surface area contributed by atoms with Crippen LogP contribution >= 0.6 is 0 Å². The van der Waals surface area contributed by atoms with E-state index in [4.69, 9.17) is 0 Å². The van der Waals surface area contributed by atoms with Crippen molar-refractivity contribution < 1.29 is 0 Å². The van der Waals surface area contributed by atoms with Crippen LogP contribution < -0.4 is 10.9 Å². The van der Waals surface area contributed by atoms with E-state index in [1.54, 1.807) is 18.7 Å². The molecular weight excluding hydrogens is 291 g/mol. The lowest BCUT2D eigenvalue weighted by molar-refractivity contribution is 1.14. The van der Waals surface area contributed by atoms with Crippen molar-refractivity contribution in [1.29, 1.82) is 0 Å². The zero-order chi connectivity index (χ0) is 16.9. The third-order valence-corrected chi connectivity index (χ3v) is 3.83. The van der Waals surface area contributed by atoms with Crippen molar-refractivity contribution in [3.63, 3.8) is 0 Å². The summed E-state index contributed by atoms with van der Waals surface area (Å²) in [7, 11) is 0. The maximum Gasteiger partial charge on any atom is 0.209 e. The minimum Gasteiger partial charge on any atom is -0.351 e. The molecule has 0 aliphatic carbocycles. The number of allylic oxidation sites excluding steroid dienone is 2. The predicted molar refractivity (Wildman–Crippen MR) is 105 cm³/mol. The lowest BCUT2D eigenvalue weighted by atomic mass is 9.38. The Hall–Kier alpha value is -2.55. The molecule has 0 fully saturated rings. The number of hydrogen-bond donors (Lipinski definition) is 1. The lowest BCUT2D eigenvalue weighted by Gasteiger charge is -2.13. The zero-order valence-electron chi connectivity index (χ0n) is 14.3. The van der Waals surface area contributed by atoms with Crippen LogP contribution in [-0.2, 0) is 0 Å². The Kier molecular flexibility index (Phi) is 8.21. The molecule has 0 saturated carbocycles. The fraction of sp³-hybridized carbons (Fsp3) is 0.190. The van der Waals surface area contributed by atoms with Crippen LogP contribution in [0.2, 0.25) is 6.32 Å². The first-order valence-electron chi connectivity index (χ1n) is 8.59. The molecule has 3 aromatic rings. The fourth-order valence-electron chi connectivity index (χ4n) is 2.66. The van der Waals surface area contributed by atoms with Gasteiger partial charge in [0.1, 0.15) is 0 Å². The highest BCUT2D eigenvalue weighted by atomic mass is 14.8. The normalized spacial score (nSPS) is 10.2. The Bertz CT molecular complexity index is 607. The van der Waals surface area contributed by atoms with E-state index in [2.05, 4.69) is 89.7 Å². The van der Waals surface area contributed by atoms with Crippen molar-refractivity contribution >= 4 is 17.6 Å². The lowest BCUT2D eigenvalue weighted by Crippen LogP contribution is -2.41. The standard InChI is InChI=1S/C18H21B.C3H4N2/c1-2-3-4-11-16-19(17-12-7-5-8-13-17)18-14-9-6-10-15-18;1-2-5-3-4-1/h3-10,12-15H,2,11,16H2,1H3;1-3H,(H,4,5). The van der Waals surface area contributed by atoms with Gasteiger partial charge in [0.25, 0.3) is 0 Å². The molecule has 3 heteroatoms. The minimum atomic E-state index is 0.504. The molecule has 2 nitrogen and oxygen atoms in total. The molecule has 122 valence electrons. The fourth-order valence-corrected chi connectivity index (χ4v) is 2.66. The van der Waals surface area contributed by atoms with Crippen molar-refractivity contribution in [2.75, 3.05) is 0 Å². The summed E-state index contributed by atoms with van der Waals surface area (Å²) in [5.74, 6) is 0. The average Bonchev–Trinajstić information content (AvgIpc) is 3.23. The highest BCUT2D eigenvalue weighted by molar-refractivity contribution is 6.85. The molecule has 3 rings (SSSR count). The average molecular weight is 316 g/mol. The molecule has 2 aromatic carbocycles. The van der Waals surface area contributed by atoms with Crippen LogP contribution in [0.15, 0.2) is 91.5 Å². The topological polar surface area (TPSA) is 28.7 Å². The van der Waals surface area contributed by atoms with Crippen LogP contribution in [0.3, 0.4) is 0 Å². The van der Waals surface area contributed by atoms with Crippen LogP contribution in [-0.4, -0.2) is 16.7 Å². The molecule has 1 heterocycles. The number of nitrogens with zero attached hydrogens (tertiary/aromatic N) is 1. The predicted octanol–water partition coefficient (Wildman–Crippen LogP) is 4.06. The van der Waals surface area contributed by atoms with Gasteiger partial charge in [-0.3, -0.25) is 0 Å². The van der Waals surface area contributed by atoms with E-state index in [0.29, 0.717) is 6.71 Å². The molecule has 0 amide bonds. The van der Waals surface area contributed by atoms with Gasteiger partial charge in [-0.1, -0.05) is 97.0 Å². The Labute approximate surface area is 145 Å². The number of aromatic amines is 1. The molecular formula is C21H25BN2. The molecule has 0 radical (unpaired) electrons. The Morgan fingerprint density at radius 1 is 0.917 bits per heavy atom. The second-order valence-electron chi connectivity index (χ2n) is 5.59. The van der Waals surface area contributed by atoms with E-state index in [-0.39, 0.29) is 0 Å². The van der Waals surface area contributed by atoms with Gasteiger partial charge in [-0.2, -0.15) is 0 Å². The van der Waals surface area contributed by atoms with Gasteiger partial charge in [0.05, 0.1) is 6.33 Å². The van der Waals surface area contributed by atoms with Gasteiger partial charge in [0.15, 0.2) is 0 Å². The van der Waals surface area contributed by atoms with Crippen LogP contribution in [0.1, 0.15) is 19.8 Å². The number of nitrogens with one attached hydrogen (secondary N) is 1. The van der Waals surface area contributed by atoms with Gasteiger partial charge in [-0.25, -0.2) is 4.98 Å². The van der Waals surface area contributed by atoms with E-state index in [9.17, 15) is 0 Å². The molecule has 0 unspecified atom stereocenters. The molecule has 0 spiro atoms. The summed E-state index contributed by atoms with van der Waals surface area (Å²) in [6.07, 6.45) is 13.1. The van der Waals surface area contributed by atoms with Gasteiger partial charge < -0.3 is 4.98 Å². The minimum absolute atomic E-state index is 0.504. The summed E-state index contributed by atoms with van der Waals surface area (Å²) in [6, 6.07) is 21.6. The molecule has 0 atom stereocenters. The quantitative estimate of drug-likeness (QED) is 0.539. The van der Waals surface area contributed by atoms with Gasteiger partial charge in [0, 0.05) is 12.4 Å². The zero-order valence-corrected chi connectivity index (χ0v) is 14.3. The van der Waals surface area contributed by atoms with E-state index >= 15 is 0 Å². The van der Waals surface area contributed by atoms with Gasteiger partial charge in [0.2, 0.25) is 6.71 Å². The smallest absolute Gasteiger partial charge is 0.209 e. The SMILES string of the molecule is CCC=CCCB(c1ccccc1)c1ccccc1.c1c[nH]cn1. The number of hydrogen-bond acceptors (Lipinski definition) is 1. The van der Waals surface area contributed by atoms with Crippen molar-refractivity contribution in [1.82, 2.24) is 9.97 Å². The van der Waals surface area contributed by atoms with Crippen molar-refractivity contribution in [3.8, 4) is 0 Å². The summed E-state index contributed by atoms with van der Waals surface area (Å²) >= 11 is 0. The van der Waals surface area contributed by atoms with Crippen LogP contribution in [0, 0.1) is 0 Å². The van der Waals surface area contributed by atoms with E-state index < -0.39 is 0 Å². The molecule has 0 saturated heterocycles. The summed E-state index contributed by atoms with van der Waals surface area (Å²) < 4.78 is 0. The first-order chi connectivity index (χ1) is 11.9. The third-order valence-electron chi connectivity index (χ3n) is 3.83. The van der Waals surface area contributed by atoms with Crippen LogP contribution in [0.5, 0.6) is 0 Å². The van der Waals surface area contributed by atoms with Crippen LogP contribution in [0.25, 0.3) is 0 Å². The number of rotatable bonds is 6. The number of H-pyrrole nitrogens is 1. The highest BCUT2D eigenvalue weighted by Gasteiger charge is 2.17. The monoisotopic (exact) mass is 316 g/mol. The molecule has 0 aliphatic heterocycles. The first-order valence-corrected chi connectivity index (χ1v) is 8.59. The van der Waals surface area contributed by atoms with Crippen molar-refractivity contribution in [2.45, 2.75) is 26.1 Å². The molecule has 1 aromatic heterocycles. The summed E-state index contributed by atoms with van der Waals surface area (Å²) in [6.45, 7) is 2.69. The van der Waals surface area contributed by atoms with E-state index in [0.717, 1.165) is 12.8 Å². The summed E-state index contributed by atoms with van der Waals surface area (Å²) in [4.78, 5) is 6.42. The van der Waals surface area contributed by atoms with Crippen molar-refractivity contribution in [2.24, 2.45) is 0 Å². The van der Waals surface area contributed by atoms with E-state index in [1.165, 1.54) is 17.2 Å². The van der Waals surface area contributed by atoms with Gasteiger partial charge in [-0.05, 0) is 12.8 Å². The maximum atomic E-state index is 3.67. The summed E-state index contributed by atoms with van der Waals surface area (Å²) in [5, 5.41) is 0. The second kappa shape index (κ2) is 11.1. The largest absolute Gasteiger partial charge is 0.351 e. The van der Waals surface area contributed by atoms with Gasteiger partial charge >= 0.3 is 0 Å². The third kappa shape index (κ3) is 6.29. The van der Waals surface area contributed by atoms with E-state index in [1.807, 2.05) is 0 Å².